The van der Waals surface area contributed by atoms with E-state index in [1.807, 2.05) is 0 Å². The van der Waals surface area contributed by atoms with Gasteiger partial charge in [0, 0.05) is 12.5 Å². The van der Waals surface area contributed by atoms with E-state index in [1.165, 1.54) is 0 Å². The highest BCUT2D eigenvalue weighted by atomic mass is 16.5. The number of carbonyl (C=O) groups is 2. The van der Waals surface area contributed by atoms with Crippen molar-refractivity contribution in [2.45, 2.75) is 25.6 Å². The number of benzene rings is 1. The molecule has 1 amide bonds. The third kappa shape index (κ3) is 3.45. The average molecular weight is 289 g/mol. The molecule has 1 aliphatic heterocycles. The first kappa shape index (κ1) is 14.7. The van der Waals surface area contributed by atoms with Crippen LogP contribution < -0.4 is 14.8 Å². The van der Waals surface area contributed by atoms with Gasteiger partial charge >= 0.3 is 5.97 Å². The quantitative estimate of drug-likeness (QED) is 0.775. The van der Waals surface area contributed by atoms with Crippen molar-refractivity contribution in [3.63, 3.8) is 0 Å². The Balaban J connectivity index is 2.01. The Morgan fingerprint density at radius 3 is 3.05 bits per heavy atom. The zero-order valence-corrected chi connectivity index (χ0v) is 11.5. The van der Waals surface area contributed by atoms with Gasteiger partial charge in [0.1, 0.15) is 11.5 Å². The molecule has 1 heterocycles. The molecule has 0 aliphatic carbocycles. The second-order valence-corrected chi connectivity index (χ2v) is 4.60. The number of terminal acetylenes is 1. The predicted molar refractivity (Wildman–Crippen MR) is 74.1 cm³/mol. The lowest BCUT2D eigenvalue weighted by Gasteiger charge is -2.14. The molecule has 0 bridgehead atoms. The van der Waals surface area contributed by atoms with Crippen molar-refractivity contribution in [3.8, 4) is 23.8 Å². The van der Waals surface area contributed by atoms with Crippen molar-refractivity contribution in [2.75, 3.05) is 6.54 Å². The molecule has 0 fully saturated rings. The summed E-state index contributed by atoms with van der Waals surface area (Å²) in [6.45, 7) is 1.74. The lowest BCUT2D eigenvalue weighted by molar-refractivity contribution is -0.144. The molecule has 1 aromatic carbocycles. The van der Waals surface area contributed by atoms with Crippen LogP contribution in [0.2, 0.25) is 0 Å². The first-order valence-corrected chi connectivity index (χ1v) is 6.41. The number of hydrogen-bond donors (Lipinski definition) is 2. The number of amides is 1. The fourth-order valence-corrected chi connectivity index (χ4v) is 1.96. The Morgan fingerprint density at radius 1 is 1.62 bits per heavy atom. The molecule has 1 aliphatic rings. The molecule has 0 spiro atoms. The lowest BCUT2D eigenvalue weighted by atomic mass is 10.1. The SMILES string of the molecule is C#CCNC(=O)C(C)Oc1ccc2c(c1)OC(C(=O)O)C2. The molecule has 21 heavy (non-hydrogen) atoms. The number of hydrogen-bond acceptors (Lipinski definition) is 4. The summed E-state index contributed by atoms with van der Waals surface area (Å²) < 4.78 is 10.8. The van der Waals surface area contributed by atoms with E-state index in [-0.39, 0.29) is 12.5 Å². The molecule has 0 aromatic heterocycles. The third-order valence-corrected chi connectivity index (χ3v) is 3.04. The molecule has 6 nitrogen and oxygen atoms in total. The number of rotatable bonds is 5. The molecule has 0 saturated carbocycles. The molecular formula is C15H15NO5. The maximum atomic E-state index is 11.6. The van der Waals surface area contributed by atoms with E-state index < -0.39 is 18.2 Å². The number of carboxylic acids is 1. The van der Waals surface area contributed by atoms with Gasteiger partial charge in [-0.3, -0.25) is 4.79 Å². The Kier molecular flexibility index (Phi) is 4.33. The molecule has 2 N–H and O–H groups in total. The number of ether oxygens (including phenoxy) is 2. The summed E-state index contributed by atoms with van der Waals surface area (Å²) in [4.78, 5) is 22.5. The number of aliphatic carboxylic acids is 1. The number of fused-ring (bicyclic) bond motifs is 1. The molecule has 2 rings (SSSR count). The minimum absolute atomic E-state index is 0.139. The van der Waals surface area contributed by atoms with Crippen LogP contribution in [0.3, 0.4) is 0 Å². The first-order valence-electron chi connectivity index (χ1n) is 6.41. The van der Waals surface area contributed by atoms with Crippen molar-refractivity contribution < 1.29 is 24.2 Å². The summed E-state index contributed by atoms with van der Waals surface area (Å²) in [6, 6.07) is 5.00. The van der Waals surface area contributed by atoms with Gasteiger partial charge in [0.15, 0.2) is 12.2 Å². The van der Waals surface area contributed by atoms with Crippen molar-refractivity contribution in [1.29, 1.82) is 0 Å². The Hall–Kier alpha value is -2.68. The summed E-state index contributed by atoms with van der Waals surface area (Å²) in [5, 5.41) is 11.4. The van der Waals surface area contributed by atoms with Crippen LogP contribution in [0.15, 0.2) is 18.2 Å². The number of nitrogens with one attached hydrogen (secondary N) is 1. The van der Waals surface area contributed by atoms with Crippen LogP contribution in [0.4, 0.5) is 0 Å². The van der Waals surface area contributed by atoms with E-state index in [0.717, 1.165) is 5.56 Å². The third-order valence-electron chi connectivity index (χ3n) is 3.04. The summed E-state index contributed by atoms with van der Waals surface area (Å²) in [6.07, 6.45) is 3.80. The largest absolute Gasteiger partial charge is 0.481 e. The standard InChI is InChI=1S/C15H15NO5/c1-3-6-16-14(17)9(2)20-11-5-4-10-7-13(15(18)19)21-12(10)8-11/h1,4-5,8-9,13H,6-7H2,2H3,(H,16,17)(H,18,19). The second kappa shape index (κ2) is 6.18. The van der Waals surface area contributed by atoms with Gasteiger partial charge in [0.2, 0.25) is 0 Å². The zero-order valence-electron chi connectivity index (χ0n) is 11.5. The molecule has 0 radical (unpaired) electrons. The summed E-state index contributed by atoms with van der Waals surface area (Å²) in [7, 11) is 0. The van der Waals surface area contributed by atoms with E-state index in [1.54, 1.807) is 25.1 Å². The highest BCUT2D eigenvalue weighted by Crippen LogP contribution is 2.32. The topological polar surface area (TPSA) is 84.9 Å². The van der Waals surface area contributed by atoms with E-state index in [9.17, 15) is 9.59 Å². The average Bonchev–Trinajstić information content (AvgIpc) is 2.88. The molecular weight excluding hydrogens is 274 g/mol. The molecule has 0 saturated heterocycles. The maximum Gasteiger partial charge on any atom is 0.345 e. The fraction of sp³-hybridized carbons (Fsp3) is 0.333. The van der Waals surface area contributed by atoms with Gasteiger partial charge in [-0.1, -0.05) is 12.0 Å². The maximum absolute atomic E-state index is 11.6. The van der Waals surface area contributed by atoms with Gasteiger partial charge in [0.25, 0.3) is 5.91 Å². The summed E-state index contributed by atoms with van der Waals surface area (Å²) >= 11 is 0. The van der Waals surface area contributed by atoms with Crippen LogP contribution in [0.25, 0.3) is 0 Å². The van der Waals surface area contributed by atoms with E-state index in [2.05, 4.69) is 11.2 Å². The molecule has 110 valence electrons. The van der Waals surface area contributed by atoms with Crippen LogP contribution in [-0.4, -0.2) is 35.7 Å². The van der Waals surface area contributed by atoms with Crippen LogP contribution >= 0.6 is 0 Å². The minimum atomic E-state index is -1.00. The number of carbonyl (C=O) groups excluding carboxylic acids is 1. The Morgan fingerprint density at radius 2 is 2.38 bits per heavy atom. The Bertz CT molecular complexity index is 605. The van der Waals surface area contributed by atoms with Crippen molar-refractivity contribution in [3.05, 3.63) is 23.8 Å². The number of carboxylic acid groups (broad SMARTS) is 1. The van der Waals surface area contributed by atoms with Crippen LogP contribution in [0.5, 0.6) is 11.5 Å². The minimum Gasteiger partial charge on any atom is -0.481 e. The highest BCUT2D eigenvalue weighted by Gasteiger charge is 2.29. The van der Waals surface area contributed by atoms with Gasteiger partial charge in [-0.25, -0.2) is 4.79 Å². The summed E-state index contributed by atoms with van der Waals surface area (Å²) in [5.41, 5.74) is 0.805. The van der Waals surface area contributed by atoms with Crippen LogP contribution in [0.1, 0.15) is 12.5 Å². The van der Waals surface area contributed by atoms with Crippen LogP contribution in [0, 0.1) is 12.3 Å². The zero-order chi connectivity index (χ0) is 15.4. The molecule has 6 heteroatoms. The van der Waals surface area contributed by atoms with Crippen molar-refractivity contribution in [1.82, 2.24) is 5.32 Å². The van der Waals surface area contributed by atoms with Gasteiger partial charge < -0.3 is 19.9 Å². The lowest BCUT2D eigenvalue weighted by Crippen LogP contribution is -2.36. The predicted octanol–water partition coefficient (Wildman–Crippen LogP) is 0.591. The van der Waals surface area contributed by atoms with Gasteiger partial charge in [-0.15, -0.1) is 6.42 Å². The first-order chi connectivity index (χ1) is 10.0. The Labute approximate surface area is 122 Å². The van der Waals surface area contributed by atoms with E-state index in [4.69, 9.17) is 21.0 Å². The monoisotopic (exact) mass is 289 g/mol. The van der Waals surface area contributed by atoms with Crippen molar-refractivity contribution in [2.24, 2.45) is 0 Å². The smallest absolute Gasteiger partial charge is 0.345 e. The fourth-order valence-electron chi connectivity index (χ4n) is 1.96. The second-order valence-electron chi connectivity index (χ2n) is 4.60. The molecule has 2 unspecified atom stereocenters. The molecule has 2 atom stereocenters. The van der Waals surface area contributed by atoms with Gasteiger partial charge in [0.05, 0.1) is 6.54 Å². The molecule has 1 aromatic rings. The van der Waals surface area contributed by atoms with Crippen molar-refractivity contribution >= 4 is 11.9 Å². The van der Waals surface area contributed by atoms with E-state index in [0.29, 0.717) is 17.9 Å². The van der Waals surface area contributed by atoms with Crippen LogP contribution in [-0.2, 0) is 16.0 Å². The highest BCUT2D eigenvalue weighted by molar-refractivity contribution is 5.81. The van der Waals surface area contributed by atoms with E-state index >= 15 is 0 Å². The van der Waals surface area contributed by atoms with Gasteiger partial charge in [-0.05, 0) is 18.6 Å². The summed E-state index contributed by atoms with van der Waals surface area (Å²) in [5.74, 6) is 1.88. The van der Waals surface area contributed by atoms with Gasteiger partial charge in [-0.2, -0.15) is 0 Å². The normalized spacial score (nSPS) is 17.0.